The smallest absolute Gasteiger partial charge is 0.0949 e. The van der Waals surface area contributed by atoms with Crippen molar-refractivity contribution in [2.24, 2.45) is 10.7 Å². The van der Waals surface area contributed by atoms with Crippen molar-refractivity contribution in [3.8, 4) is 0 Å². The van der Waals surface area contributed by atoms with Crippen molar-refractivity contribution in [1.29, 1.82) is 0 Å². The van der Waals surface area contributed by atoms with Gasteiger partial charge in [0.2, 0.25) is 0 Å². The molecule has 82 valence electrons. The summed E-state index contributed by atoms with van der Waals surface area (Å²) in [6.45, 7) is 4.24. The van der Waals surface area contributed by atoms with Crippen LogP contribution >= 0.6 is 24.2 Å². The summed E-state index contributed by atoms with van der Waals surface area (Å²) in [5.41, 5.74) is 7.11. The lowest BCUT2D eigenvalue weighted by molar-refractivity contribution is 0.767. The Hall–Kier alpha value is -0.150. The van der Waals surface area contributed by atoms with Crippen LogP contribution in [-0.2, 0) is 0 Å². The second-order valence-electron chi connectivity index (χ2n) is 3.62. The number of rotatable bonds is 2. The Morgan fingerprint density at radius 1 is 1.64 bits per heavy atom. The molecule has 0 saturated heterocycles. The maximum Gasteiger partial charge on any atom is 0.0949 e. The highest BCUT2D eigenvalue weighted by molar-refractivity contribution is 7.99. The van der Waals surface area contributed by atoms with E-state index in [-0.39, 0.29) is 12.4 Å². The van der Waals surface area contributed by atoms with Gasteiger partial charge in [0, 0.05) is 17.9 Å². The fourth-order valence-electron chi connectivity index (χ4n) is 1.22. The Kier molecular flexibility index (Phi) is 7.11. The van der Waals surface area contributed by atoms with Gasteiger partial charge in [-0.2, -0.15) is 11.8 Å². The van der Waals surface area contributed by atoms with Crippen molar-refractivity contribution in [3.63, 3.8) is 0 Å². The number of halogens is 1. The minimum absolute atomic E-state index is 0. The van der Waals surface area contributed by atoms with Crippen LogP contribution in [0.3, 0.4) is 0 Å². The van der Waals surface area contributed by atoms with E-state index < -0.39 is 0 Å². The van der Waals surface area contributed by atoms with Crippen LogP contribution in [0.15, 0.2) is 16.6 Å². The van der Waals surface area contributed by atoms with Crippen molar-refractivity contribution in [2.75, 3.05) is 11.5 Å². The summed E-state index contributed by atoms with van der Waals surface area (Å²) in [5, 5.41) is 0. The summed E-state index contributed by atoms with van der Waals surface area (Å²) in [5.74, 6) is 3.07. The van der Waals surface area contributed by atoms with Gasteiger partial charge in [0.1, 0.15) is 0 Å². The van der Waals surface area contributed by atoms with Gasteiger partial charge >= 0.3 is 0 Å². The molecule has 0 fully saturated rings. The molecule has 0 amide bonds. The topological polar surface area (TPSA) is 38.4 Å². The van der Waals surface area contributed by atoms with Crippen molar-refractivity contribution in [2.45, 2.75) is 32.7 Å². The van der Waals surface area contributed by atoms with Crippen LogP contribution in [0.2, 0.25) is 0 Å². The van der Waals surface area contributed by atoms with Gasteiger partial charge in [-0.15, -0.1) is 12.4 Å². The fraction of sp³-hybridized carbons (Fsp3) is 0.700. The number of hydrogen-bond donors (Lipinski definition) is 1. The van der Waals surface area contributed by atoms with E-state index >= 15 is 0 Å². The van der Waals surface area contributed by atoms with Crippen molar-refractivity contribution >= 4 is 30.0 Å². The molecule has 2 nitrogen and oxygen atoms in total. The maximum atomic E-state index is 5.75. The molecular formula is C10H19ClN2S. The number of thioether (sulfide) groups is 1. The molecule has 0 saturated carbocycles. The summed E-state index contributed by atoms with van der Waals surface area (Å²) in [6.07, 6.45) is 4.24. The first-order valence-electron chi connectivity index (χ1n) is 4.71. The Morgan fingerprint density at radius 3 is 3.00 bits per heavy atom. The fourth-order valence-corrected chi connectivity index (χ4v) is 2.23. The molecule has 14 heavy (non-hydrogen) atoms. The number of allylic oxidation sites excluding steroid dienone is 1. The standard InChI is InChI=1S/C10H18N2S.ClH/c1-8(2)3-4-9-7-13-6-5-10(11)12-9;/h3,9H,4-7H2,1-2H3,(H2,11,12);1H. The predicted molar refractivity (Wildman–Crippen MR) is 68.6 cm³/mol. The molecule has 1 atom stereocenters. The van der Waals surface area contributed by atoms with Crippen LogP contribution in [-0.4, -0.2) is 23.4 Å². The molecule has 0 aliphatic carbocycles. The molecule has 0 aromatic rings. The molecule has 0 aromatic carbocycles. The first kappa shape index (κ1) is 13.8. The van der Waals surface area contributed by atoms with Crippen molar-refractivity contribution < 1.29 is 0 Å². The Balaban J connectivity index is 0.00000169. The predicted octanol–water partition coefficient (Wildman–Crippen LogP) is 2.63. The lowest BCUT2D eigenvalue weighted by Gasteiger charge is -2.07. The molecule has 1 rings (SSSR count). The third kappa shape index (κ3) is 5.55. The third-order valence-electron chi connectivity index (χ3n) is 1.96. The maximum absolute atomic E-state index is 5.75. The number of amidine groups is 1. The number of nitrogens with two attached hydrogens (primary N) is 1. The molecule has 0 spiro atoms. The highest BCUT2D eigenvalue weighted by atomic mass is 35.5. The average molecular weight is 235 g/mol. The van der Waals surface area contributed by atoms with Gasteiger partial charge in [0.25, 0.3) is 0 Å². The van der Waals surface area contributed by atoms with Crippen LogP contribution in [0.1, 0.15) is 26.7 Å². The third-order valence-corrected chi connectivity index (χ3v) is 3.07. The number of aliphatic imine (C=N–C) groups is 1. The van der Waals surface area contributed by atoms with E-state index in [1.807, 2.05) is 11.8 Å². The number of nitrogens with zero attached hydrogens (tertiary/aromatic N) is 1. The zero-order chi connectivity index (χ0) is 9.68. The molecule has 0 bridgehead atoms. The summed E-state index contributed by atoms with van der Waals surface area (Å²) in [6, 6.07) is 0.405. The average Bonchev–Trinajstić information content (AvgIpc) is 2.26. The SMILES string of the molecule is CC(C)=CCC1CSCCC(N)=N1.Cl. The largest absolute Gasteiger partial charge is 0.387 e. The summed E-state index contributed by atoms with van der Waals surface area (Å²) >= 11 is 1.96. The Labute approximate surface area is 96.8 Å². The zero-order valence-corrected chi connectivity index (χ0v) is 10.5. The van der Waals surface area contributed by atoms with Crippen LogP contribution in [0.4, 0.5) is 0 Å². The van der Waals surface area contributed by atoms with Crippen molar-refractivity contribution in [1.82, 2.24) is 0 Å². The van der Waals surface area contributed by atoms with E-state index in [0.717, 1.165) is 30.2 Å². The normalized spacial score (nSPS) is 21.6. The summed E-state index contributed by atoms with van der Waals surface area (Å²) < 4.78 is 0. The lowest BCUT2D eigenvalue weighted by Crippen LogP contribution is -2.15. The zero-order valence-electron chi connectivity index (χ0n) is 8.82. The minimum Gasteiger partial charge on any atom is -0.387 e. The van der Waals surface area contributed by atoms with Crippen LogP contribution in [0.25, 0.3) is 0 Å². The van der Waals surface area contributed by atoms with Crippen molar-refractivity contribution in [3.05, 3.63) is 11.6 Å². The van der Waals surface area contributed by atoms with Gasteiger partial charge in [0.05, 0.1) is 11.9 Å². The lowest BCUT2D eigenvalue weighted by atomic mass is 10.2. The molecule has 0 radical (unpaired) electrons. The highest BCUT2D eigenvalue weighted by Crippen LogP contribution is 2.15. The molecule has 0 aromatic heterocycles. The summed E-state index contributed by atoms with van der Waals surface area (Å²) in [4.78, 5) is 4.48. The van der Waals surface area contributed by atoms with Gasteiger partial charge in [-0.3, -0.25) is 4.99 Å². The number of hydrogen-bond acceptors (Lipinski definition) is 3. The molecule has 1 unspecified atom stereocenters. The van der Waals surface area contributed by atoms with E-state index in [4.69, 9.17) is 5.73 Å². The first-order chi connectivity index (χ1) is 6.18. The van der Waals surface area contributed by atoms with E-state index in [1.165, 1.54) is 5.57 Å². The molecule has 2 N–H and O–H groups in total. The second kappa shape index (κ2) is 7.18. The first-order valence-corrected chi connectivity index (χ1v) is 5.87. The van der Waals surface area contributed by atoms with Gasteiger partial charge in [0.15, 0.2) is 0 Å². The Bertz CT molecular complexity index is 222. The van der Waals surface area contributed by atoms with E-state index in [9.17, 15) is 0 Å². The van der Waals surface area contributed by atoms with Crippen LogP contribution in [0.5, 0.6) is 0 Å². The van der Waals surface area contributed by atoms with Gasteiger partial charge in [-0.1, -0.05) is 11.6 Å². The van der Waals surface area contributed by atoms with Crippen LogP contribution in [0, 0.1) is 0 Å². The van der Waals surface area contributed by atoms with Gasteiger partial charge in [-0.25, -0.2) is 0 Å². The molecule has 1 heterocycles. The Morgan fingerprint density at radius 2 is 2.36 bits per heavy atom. The minimum atomic E-state index is 0. The monoisotopic (exact) mass is 234 g/mol. The van der Waals surface area contributed by atoms with Crippen LogP contribution < -0.4 is 5.73 Å². The van der Waals surface area contributed by atoms with E-state index in [2.05, 4.69) is 24.9 Å². The van der Waals surface area contributed by atoms with E-state index in [0.29, 0.717) is 6.04 Å². The molecule has 1 aliphatic rings. The quantitative estimate of drug-likeness (QED) is 0.746. The van der Waals surface area contributed by atoms with Gasteiger partial charge in [-0.05, 0) is 20.3 Å². The van der Waals surface area contributed by atoms with E-state index in [1.54, 1.807) is 0 Å². The summed E-state index contributed by atoms with van der Waals surface area (Å²) in [7, 11) is 0. The van der Waals surface area contributed by atoms with Gasteiger partial charge < -0.3 is 5.73 Å². The molecule has 4 heteroatoms. The molecular weight excluding hydrogens is 216 g/mol. The molecule has 1 aliphatic heterocycles. The second-order valence-corrected chi connectivity index (χ2v) is 4.77. The highest BCUT2D eigenvalue weighted by Gasteiger charge is 2.10.